The van der Waals surface area contributed by atoms with Crippen LogP contribution in [-0.4, -0.2) is 7.11 Å². The molecule has 98 valence electrons. The highest BCUT2D eigenvalue weighted by Crippen LogP contribution is 2.24. The van der Waals surface area contributed by atoms with Crippen LogP contribution >= 0.6 is 11.6 Å². The first kappa shape index (κ1) is 13.4. The van der Waals surface area contributed by atoms with E-state index in [-0.39, 0.29) is 5.02 Å². The molecule has 1 N–H and O–H groups in total. The second-order valence-corrected chi connectivity index (χ2v) is 4.37. The van der Waals surface area contributed by atoms with Crippen molar-refractivity contribution in [2.24, 2.45) is 0 Å². The molecule has 0 aromatic heterocycles. The number of rotatable bonds is 4. The average Bonchev–Trinajstić information content (AvgIpc) is 2.42. The molecular weight excluding hydrogens is 265 g/mol. The van der Waals surface area contributed by atoms with E-state index in [4.69, 9.17) is 16.3 Å². The molecule has 0 amide bonds. The van der Waals surface area contributed by atoms with Crippen LogP contribution in [0.5, 0.6) is 5.75 Å². The Kier molecular flexibility index (Phi) is 4.07. The lowest BCUT2D eigenvalue weighted by Gasteiger charge is -2.11. The maximum atomic E-state index is 13.1. The maximum absolute atomic E-state index is 13.1. The molecule has 0 saturated carbocycles. The van der Waals surface area contributed by atoms with Gasteiger partial charge < -0.3 is 10.1 Å². The van der Waals surface area contributed by atoms with Gasteiger partial charge in [-0.2, -0.15) is 0 Å². The average molecular weight is 278 g/mol. The molecule has 0 radical (unpaired) electrons. The summed E-state index contributed by atoms with van der Waals surface area (Å²) >= 11 is 5.74. The summed E-state index contributed by atoms with van der Waals surface area (Å²) in [7, 11) is 1.60. The largest absolute Gasteiger partial charge is 0.497 e. The highest BCUT2D eigenvalue weighted by atomic mass is 35.5. The molecular formula is C15H13ClFNO. The molecule has 0 atom stereocenters. The van der Waals surface area contributed by atoms with Gasteiger partial charge >= 0.3 is 0 Å². The fraction of sp³-hybridized carbons (Fsp3) is 0.0667. The van der Waals surface area contributed by atoms with Crippen LogP contribution in [-0.2, 0) is 0 Å². The fourth-order valence-electron chi connectivity index (χ4n) is 1.63. The van der Waals surface area contributed by atoms with Crippen LogP contribution in [0.3, 0.4) is 0 Å². The summed E-state index contributed by atoms with van der Waals surface area (Å²) in [5, 5.41) is 3.20. The summed E-state index contributed by atoms with van der Waals surface area (Å²) in [6.07, 6.45) is 0. The van der Waals surface area contributed by atoms with E-state index in [9.17, 15) is 4.39 Å². The van der Waals surface area contributed by atoms with E-state index in [0.29, 0.717) is 5.70 Å². The van der Waals surface area contributed by atoms with Crippen molar-refractivity contribution >= 4 is 23.0 Å². The van der Waals surface area contributed by atoms with E-state index >= 15 is 0 Å². The number of hydrogen-bond acceptors (Lipinski definition) is 2. The van der Waals surface area contributed by atoms with Crippen molar-refractivity contribution < 1.29 is 9.13 Å². The van der Waals surface area contributed by atoms with E-state index < -0.39 is 5.82 Å². The van der Waals surface area contributed by atoms with Gasteiger partial charge in [-0.25, -0.2) is 4.39 Å². The van der Waals surface area contributed by atoms with E-state index in [2.05, 4.69) is 11.9 Å². The number of benzene rings is 2. The Morgan fingerprint density at radius 3 is 2.74 bits per heavy atom. The Hall–Kier alpha value is -2.00. The first-order valence-electron chi connectivity index (χ1n) is 5.65. The molecule has 0 heterocycles. The Labute approximate surface area is 116 Å². The van der Waals surface area contributed by atoms with E-state index in [1.54, 1.807) is 13.2 Å². The quantitative estimate of drug-likeness (QED) is 0.884. The van der Waals surface area contributed by atoms with Gasteiger partial charge in [0.05, 0.1) is 12.1 Å². The monoisotopic (exact) mass is 277 g/mol. The Bertz CT molecular complexity index is 613. The lowest BCUT2D eigenvalue weighted by atomic mass is 10.1. The first-order valence-corrected chi connectivity index (χ1v) is 6.03. The zero-order valence-electron chi connectivity index (χ0n) is 10.4. The lowest BCUT2D eigenvalue weighted by Crippen LogP contribution is -1.98. The van der Waals surface area contributed by atoms with Crippen LogP contribution in [0.1, 0.15) is 5.56 Å². The summed E-state index contributed by atoms with van der Waals surface area (Å²) in [4.78, 5) is 0. The number of halogens is 2. The van der Waals surface area contributed by atoms with Crippen molar-refractivity contribution in [1.29, 1.82) is 0 Å². The Morgan fingerprint density at radius 1 is 1.26 bits per heavy atom. The van der Waals surface area contributed by atoms with Crippen LogP contribution in [0.4, 0.5) is 10.1 Å². The zero-order chi connectivity index (χ0) is 13.8. The van der Waals surface area contributed by atoms with Crippen LogP contribution in [0.25, 0.3) is 5.70 Å². The molecule has 0 bridgehead atoms. The number of methoxy groups -OCH3 is 1. The lowest BCUT2D eigenvalue weighted by molar-refractivity contribution is 0.415. The predicted molar refractivity (Wildman–Crippen MR) is 77.1 cm³/mol. The summed E-state index contributed by atoms with van der Waals surface area (Å²) in [5.74, 6) is 0.300. The Balaban J connectivity index is 2.18. The maximum Gasteiger partial charge on any atom is 0.141 e. The molecule has 0 aliphatic heterocycles. The molecule has 0 aliphatic carbocycles. The van der Waals surface area contributed by atoms with Crippen LogP contribution in [0, 0.1) is 5.82 Å². The van der Waals surface area contributed by atoms with Crippen molar-refractivity contribution in [3.63, 3.8) is 0 Å². The van der Waals surface area contributed by atoms with Gasteiger partial charge in [-0.05, 0) is 35.9 Å². The van der Waals surface area contributed by atoms with Gasteiger partial charge in [0.15, 0.2) is 0 Å². The van der Waals surface area contributed by atoms with Gasteiger partial charge in [0.1, 0.15) is 11.6 Å². The highest BCUT2D eigenvalue weighted by molar-refractivity contribution is 6.30. The second-order valence-electron chi connectivity index (χ2n) is 3.96. The van der Waals surface area contributed by atoms with Gasteiger partial charge in [0, 0.05) is 17.5 Å². The number of anilines is 1. The number of hydrogen-bond donors (Lipinski definition) is 1. The van der Waals surface area contributed by atoms with Gasteiger partial charge in [-0.1, -0.05) is 24.2 Å². The van der Waals surface area contributed by atoms with Gasteiger partial charge in [0.25, 0.3) is 0 Å². The normalized spacial score (nSPS) is 10.1. The van der Waals surface area contributed by atoms with Crippen LogP contribution in [0.2, 0.25) is 5.02 Å². The molecule has 19 heavy (non-hydrogen) atoms. The van der Waals surface area contributed by atoms with Gasteiger partial charge in [-0.3, -0.25) is 0 Å². The Morgan fingerprint density at radius 2 is 2.05 bits per heavy atom. The molecule has 2 aromatic carbocycles. The summed E-state index contributed by atoms with van der Waals surface area (Å²) in [5.41, 5.74) is 2.20. The van der Waals surface area contributed by atoms with Crippen molar-refractivity contribution in [1.82, 2.24) is 0 Å². The minimum absolute atomic E-state index is 0.0751. The third-order valence-electron chi connectivity index (χ3n) is 2.63. The molecule has 0 fully saturated rings. The summed E-state index contributed by atoms with van der Waals surface area (Å²) < 4.78 is 18.2. The third kappa shape index (κ3) is 3.26. The van der Waals surface area contributed by atoms with Crippen molar-refractivity contribution in [2.75, 3.05) is 12.4 Å². The minimum Gasteiger partial charge on any atom is -0.497 e. The fourth-order valence-corrected chi connectivity index (χ4v) is 1.81. The van der Waals surface area contributed by atoms with E-state index in [0.717, 1.165) is 17.0 Å². The standard InChI is InChI=1S/C15H13ClFNO/c1-10(11-6-7-15(17)14(16)8-11)18-12-4-3-5-13(9-12)19-2/h3-9,18H,1H2,2H3. The molecule has 2 rings (SSSR count). The number of ether oxygens (including phenoxy) is 1. The van der Waals surface area contributed by atoms with Crippen LogP contribution < -0.4 is 10.1 Å². The molecule has 0 aliphatic rings. The van der Waals surface area contributed by atoms with E-state index in [1.165, 1.54) is 12.1 Å². The first-order chi connectivity index (χ1) is 9.10. The third-order valence-corrected chi connectivity index (χ3v) is 2.92. The smallest absolute Gasteiger partial charge is 0.141 e. The molecule has 4 heteroatoms. The topological polar surface area (TPSA) is 21.3 Å². The van der Waals surface area contributed by atoms with Crippen molar-refractivity contribution in [2.45, 2.75) is 0 Å². The molecule has 0 spiro atoms. The SMILES string of the molecule is C=C(Nc1cccc(OC)c1)c1ccc(F)c(Cl)c1. The van der Waals surface area contributed by atoms with Gasteiger partial charge in [0.2, 0.25) is 0 Å². The molecule has 0 unspecified atom stereocenters. The van der Waals surface area contributed by atoms with E-state index in [1.807, 2.05) is 24.3 Å². The van der Waals surface area contributed by atoms with Crippen molar-refractivity contribution in [3.8, 4) is 5.75 Å². The number of nitrogens with one attached hydrogen (secondary N) is 1. The van der Waals surface area contributed by atoms with Crippen LogP contribution in [0.15, 0.2) is 49.0 Å². The second kappa shape index (κ2) is 5.76. The molecule has 2 nitrogen and oxygen atoms in total. The summed E-state index contributed by atoms with van der Waals surface area (Å²) in [6, 6.07) is 11.9. The molecule has 2 aromatic rings. The predicted octanol–water partition coefficient (Wildman–Crippen LogP) is 4.57. The minimum atomic E-state index is -0.445. The molecule has 0 saturated heterocycles. The summed E-state index contributed by atoms with van der Waals surface area (Å²) in [6.45, 7) is 3.91. The van der Waals surface area contributed by atoms with Crippen molar-refractivity contribution in [3.05, 3.63) is 65.4 Å². The zero-order valence-corrected chi connectivity index (χ0v) is 11.2. The van der Waals surface area contributed by atoms with Gasteiger partial charge in [-0.15, -0.1) is 0 Å². The highest BCUT2D eigenvalue weighted by Gasteiger charge is 2.04.